The summed E-state index contributed by atoms with van der Waals surface area (Å²) in [7, 11) is -2.01. The molecule has 0 fully saturated rings. The van der Waals surface area contributed by atoms with Crippen molar-refractivity contribution in [3.63, 3.8) is 0 Å². The SMILES string of the molecule is COc1ccc(N(CCCC(=O)N(CCc2ccccc2)C(C)C(=O)NC(C)(C)C)S(C)(=O)=O)cc1. The fourth-order valence-electron chi connectivity index (χ4n) is 3.80. The number of benzene rings is 2. The van der Waals surface area contributed by atoms with Gasteiger partial charge in [0, 0.05) is 25.0 Å². The van der Waals surface area contributed by atoms with E-state index in [2.05, 4.69) is 5.32 Å². The highest BCUT2D eigenvalue weighted by molar-refractivity contribution is 7.92. The van der Waals surface area contributed by atoms with E-state index >= 15 is 0 Å². The summed E-state index contributed by atoms with van der Waals surface area (Å²) >= 11 is 0. The first-order valence-electron chi connectivity index (χ1n) is 12.1. The maximum Gasteiger partial charge on any atom is 0.242 e. The zero-order valence-corrected chi connectivity index (χ0v) is 23.0. The van der Waals surface area contributed by atoms with Gasteiger partial charge in [0.2, 0.25) is 21.8 Å². The predicted octanol–water partition coefficient (Wildman–Crippen LogP) is 3.62. The number of rotatable bonds is 12. The Bertz CT molecular complexity index is 1100. The van der Waals surface area contributed by atoms with Crippen LogP contribution in [0.2, 0.25) is 0 Å². The zero-order chi connectivity index (χ0) is 26.9. The molecular formula is C27H39N3O5S. The molecule has 2 amide bonds. The molecule has 198 valence electrons. The Morgan fingerprint density at radius 3 is 2.14 bits per heavy atom. The second-order valence-corrected chi connectivity index (χ2v) is 11.8. The molecule has 2 aromatic carbocycles. The van der Waals surface area contributed by atoms with E-state index in [0.717, 1.165) is 11.8 Å². The summed E-state index contributed by atoms with van der Waals surface area (Å²) in [5.74, 6) is 0.213. The molecule has 9 heteroatoms. The van der Waals surface area contributed by atoms with Crippen LogP contribution in [0, 0.1) is 0 Å². The first-order chi connectivity index (χ1) is 16.8. The fraction of sp³-hybridized carbons (Fsp3) is 0.481. The van der Waals surface area contributed by atoms with Gasteiger partial charge in [0.1, 0.15) is 11.8 Å². The van der Waals surface area contributed by atoms with Crippen LogP contribution < -0.4 is 14.4 Å². The summed E-state index contributed by atoms with van der Waals surface area (Å²) < 4.78 is 31.3. The highest BCUT2D eigenvalue weighted by Crippen LogP contribution is 2.22. The number of methoxy groups -OCH3 is 1. The Kier molecular flexibility index (Phi) is 10.3. The third-order valence-corrected chi connectivity index (χ3v) is 6.86. The first kappa shape index (κ1) is 29.2. The van der Waals surface area contributed by atoms with Gasteiger partial charge in [-0.15, -0.1) is 0 Å². The molecule has 0 aromatic heterocycles. The van der Waals surface area contributed by atoms with Crippen LogP contribution in [0.1, 0.15) is 46.1 Å². The van der Waals surface area contributed by atoms with Crippen molar-refractivity contribution < 1.29 is 22.7 Å². The van der Waals surface area contributed by atoms with E-state index in [1.54, 1.807) is 43.2 Å². The van der Waals surface area contributed by atoms with Gasteiger partial charge in [-0.05, 0) is 70.4 Å². The normalized spacial score (nSPS) is 12.5. The van der Waals surface area contributed by atoms with E-state index in [1.165, 1.54) is 4.31 Å². The summed E-state index contributed by atoms with van der Waals surface area (Å²) in [5.41, 5.74) is 1.15. The van der Waals surface area contributed by atoms with Crippen LogP contribution in [0.5, 0.6) is 5.75 Å². The Morgan fingerprint density at radius 2 is 1.61 bits per heavy atom. The van der Waals surface area contributed by atoms with Gasteiger partial charge >= 0.3 is 0 Å². The van der Waals surface area contributed by atoms with Crippen molar-refractivity contribution in [3.8, 4) is 5.75 Å². The molecule has 0 spiro atoms. The summed E-state index contributed by atoms with van der Waals surface area (Å²) in [5, 5.41) is 2.95. The summed E-state index contributed by atoms with van der Waals surface area (Å²) in [4.78, 5) is 27.7. The smallest absolute Gasteiger partial charge is 0.242 e. The molecule has 2 rings (SSSR count). The van der Waals surface area contributed by atoms with Crippen LogP contribution in [0.3, 0.4) is 0 Å². The molecule has 1 unspecified atom stereocenters. The molecule has 0 aliphatic heterocycles. The van der Waals surface area contributed by atoms with Gasteiger partial charge in [0.25, 0.3) is 0 Å². The number of carbonyl (C=O) groups is 2. The molecular weight excluding hydrogens is 478 g/mol. The summed E-state index contributed by atoms with van der Waals surface area (Å²) in [6.45, 7) is 7.94. The van der Waals surface area contributed by atoms with Crippen molar-refractivity contribution in [2.24, 2.45) is 0 Å². The molecule has 0 aliphatic carbocycles. The van der Waals surface area contributed by atoms with Crippen LogP contribution in [0.4, 0.5) is 5.69 Å². The largest absolute Gasteiger partial charge is 0.497 e. The molecule has 2 aromatic rings. The third-order valence-electron chi connectivity index (χ3n) is 5.66. The molecule has 8 nitrogen and oxygen atoms in total. The van der Waals surface area contributed by atoms with Crippen molar-refractivity contribution >= 4 is 27.5 Å². The fourth-order valence-corrected chi connectivity index (χ4v) is 4.76. The van der Waals surface area contributed by atoms with Gasteiger partial charge in [-0.1, -0.05) is 30.3 Å². The number of amides is 2. The van der Waals surface area contributed by atoms with Gasteiger partial charge in [0.05, 0.1) is 19.1 Å². The molecule has 0 saturated heterocycles. The number of sulfonamides is 1. The highest BCUT2D eigenvalue weighted by atomic mass is 32.2. The number of nitrogens with one attached hydrogen (secondary N) is 1. The van der Waals surface area contributed by atoms with Gasteiger partial charge in [-0.3, -0.25) is 13.9 Å². The molecule has 0 bridgehead atoms. The highest BCUT2D eigenvalue weighted by Gasteiger charge is 2.28. The van der Waals surface area contributed by atoms with Crippen molar-refractivity contribution in [2.45, 2.75) is 58.5 Å². The molecule has 1 N–H and O–H groups in total. The van der Waals surface area contributed by atoms with E-state index in [4.69, 9.17) is 4.74 Å². The van der Waals surface area contributed by atoms with Crippen LogP contribution in [0.25, 0.3) is 0 Å². The minimum absolute atomic E-state index is 0.115. The Morgan fingerprint density at radius 1 is 1.00 bits per heavy atom. The number of nitrogens with zero attached hydrogens (tertiary/aromatic N) is 2. The second-order valence-electron chi connectivity index (χ2n) is 9.87. The standard InChI is InChI=1S/C27H39N3O5S/c1-21(26(32)28-27(2,3)4)29(20-18-22-11-8-7-9-12-22)25(31)13-10-19-30(36(6,33)34)23-14-16-24(35-5)17-15-23/h7-9,11-12,14-17,21H,10,13,18-20H2,1-6H3,(H,28,32). The average molecular weight is 518 g/mol. The third kappa shape index (κ3) is 9.18. The van der Waals surface area contributed by atoms with Crippen LogP contribution >= 0.6 is 0 Å². The van der Waals surface area contributed by atoms with E-state index in [1.807, 2.05) is 51.1 Å². The van der Waals surface area contributed by atoms with E-state index in [-0.39, 0.29) is 24.8 Å². The summed E-state index contributed by atoms with van der Waals surface area (Å²) in [6.07, 6.45) is 2.18. The number of hydrogen-bond acceptors (Lipinski definition) is 5. The van der Waals surface area contributed by atoms with Gasteiger partial charge < -0.3 is 15.0 Å². The van der Waals surface area contributed by atoms with Crippen molar-refractivity contribution in [2.75, 3.05) is 30.8 Å². The second kappa shape index (κ2) is 12.8. The summed E-state index contributed by atoms with van der Waals surface area (Å²) in [6, 6.07) is 15.9. The van der Waals surface area contributed by atoms with Crippen molar-refractivity contribution in [3.05, 3.63) is 60.2 Å². The lowest BCUT2D eigenvalue weighted by Crippen LogP contribution is -2.53. The topological polar surface area (TPSA) is 96.0 Å². The predicted molar refractivity (Wildman–Crippen MR) is 144 cm³/mol. The van der Waals surface area contributed by atoms with Crippen molar-refractivity contribution in [1.29, 1.82) is 0 Å². The monoisotopic (exact) mass is 517 g/mol. The van der Waals surface area contributed by atoms with Crippen LogP contribution in [0.15, 0.2) is 54.6 Å². The lowest BCUT2D eigenvalue weighted by atomic mass is 10.1. The lowest BCUT2D eigenvalue weighted by molar-refractivity contribution is -0.140. The van der Waals surface area contributed by atoms with E-state index in [0.29, 0.717) is 30.8 Å². The Labute approximate surface area is 215 Å². The number of ether oxygens (including phenoxy) is 1. The number of carbonyl (C=O) groups excluding carboxylic acids is 2. The van der Waals surface area contributed by atoms with Crippen LogP contribution in [-0.2, 0) is 26.0 Å². The molecule has 0 aliphatic rings. The van der Waals surface area contributed by atoms with Crippen LogP contribution in [-0.4, -0.2) is 63.2 Å². The minimum atomic E-state index is -3.55. The number of hydrogen-bond donors (Lipinski definition) is 1. The maximum atomic E-state index is 13.3. The zero-order valence-electron chi connectivity index (χ0n) is 22.2. The van der Waals surface area contributed by atoms with E-state index in [9.17, 15) is 18.0 Å². The van der Waals surface area contributed by atoms with Crippen molar-refractivity contribution in [1.82, 2.24) is 10.2 Å². The number of anilines is 1. The first-order valence-corrected chi connectivity index (χ1v) is 13.9. The average Bonchev–Trinajstić information content (AvgIpc) is 2.80. The molecule has 0 radical (unpaired) electrons. The van der Waals surface area contributed by atoms with Gasteiger partial charge in [-0.2, -0.15) is 0 Å². The Hall–Kier alpha value is -3.07. The Balaban J connectivity index is 2.12. The van der Waals surface area contributed by atoms with E-state index < -0.39 is 21.6 Å². The lowest BCUT2D eigenvalue weighted by Gasteiger charge is -2.32. The quantitative estimate of drug-likeness (QED) is 0.464. The molecule has 1 atom stereocenters. The molecule has 0 saturated carbocycles. The maximum absolute atomic E-state index is 13.3. The van der Waals surface area contributed by atoms with Gasteiger partial charge in [0.15, 0.2) is 0 Å². The molecule has 36 heavy (non-hydrogen) atoms. The minimum Gasteiger partial charge on any atom is -0.497 e. The van der Waals surface area contributed by atoms with Gasteiger partial charge in [-0.25, -0.2) is 8.42 Å². The molecule has 0 heterocycles.